The predicted octanol–water partition coefficient (Wildman–Crippen LogP) is 2.61. The highest BCUT2D eigenvalue weighted by Gasteiger charge is 2.06. The van der Waals surface area contributed by atoms with Gasteiger partial charge in [0.2, 0.25) is 0 Å². The van der Waals surface area contributed by atoms with Crippen molar-refractivity contribution in [2.75, 3.05) is 6.61 Å². The lowest BCUT2D eigenvalue weighted by Crippen LogP contribution is -1.98. The highest BCUT2D eigenvalue weighted by Crippen LogP contribution is 2.27. The van der Waals surface area contributed by atoms with Gasteiger partial charge in [-0.25, -0.2) is 4.98 Å². The van der Waals surface area contributed by atoms with Gasteiger partial charge >= 0.3 is 0 Å². The maximum atomic E-state index is 8.96. The van der Waals surface area contributed by atoms with E-state index < -0.39 is 0 Å². The quantitative estimate of drug-likeness (QED) is 0.872. The molecule has 0 aliphatic heterocycles. The first-order valence-corrected chi connectivity index (χ1v) is 6.54. The molecule has 1 aromatic heterocycles. The molecular formula is C13H15NO3S. The number of thiazole rings is 1. The topological polar surface area (TPSA) is 51.6 Å². The van der Waals surface area contributed by atoms with Crippen LogP contribution in [-0.2, 0) is 13.2 Å². The molecule has 1 N–H and O–H groups in total. The number of aliphatic hydroxyl groups excluding tert-OH is 1. The summed E-state index contributed by atoms with van der Waals surface area (Å²) in [6, 6.07) is 7.55. The molecule has 2 rings (SSSR count). The van der Waals surface area contributed by atoms with E-state index in [1.165, 1.54) is 11.3 Å². The van der Waals surface area contributed by atoms with Crippen LogP contribution in [0.1, 0.15) is 16.8 Å². The van der Waals surface area contributed by atoms with Crippen molar-refractivity contribution in [3.63, 3.8) is 0 Å². The smallest absolute Gasteiger partial charge is 0.161 e. The Morgan fingerprint density at radius 2 is 1.94 bits per heavy atom. The number of para-hydroxylation sites is 2. The number of hydrogen-bond acceptors (Lipinski definition) is 5. The van der Waals surface area contributed by atoms with Crippen molar-refractivity contribution >= 4 is 11.3 Å². The molecule has 0 fully saturated rings. The van der Waals surface area contributed by atoms with Crippen molar-refractivity contribution in [2.24, 2.45) is 0 Å². The average molecular weight is 265 g/mol. The van der Waals surface area contributed by atoms with Gasteiger partial charge in [0.25, 0.3) is 0 Å². The zero-order valence-electron chi connectivity index (χ0n) is 10.1. The van der Waals surface area contributed by atoms with Crippen LogP contribution in [0, 0.1) is 0 Å². The summed E-state index contributed by atoms with van der Waals surface area (Å²) in [5.41, 5.74) is 0. The minimum Gasteiger partial charge on any atom is -0.490 e. The molecule has 1 heterocycles. The molecule has 0 spiro atoms. The number of hydrogen-bond donors (Lipinski definition) is 1. The summed E-state index contributed by atoms with van der Waals surface area (Å²) in [4.78, 5) is 5.01. The number of nitrogens with zero attached hydrogens (tertiary/aromatic N) is 1. The van der Waals surface area contributed by atoms with Crippen LogP contribution in [0.15, 0.2) is 30.5 Å². The van der Waals surface area contributed by atoms with E-state index in [1.807, 2.05) is 31.2 Å². The third kappa shape index (κ3) is 3.21. The Morgan fingerprint density at radius 3 is 2.56 bits per heavy atom. The van der Waals surface area contributed by atoms with E-state index in [4.69, 9.17) is 14.6 Å². The second-order valence-corrected chi connectivity index (χ2v) is 4.75. The van der Waals surface area contributed by atoms with Gasteiger partial charge in [0.15, 0.2) is 11.5 Å². The Hall–Kier alpha value is -1.59. The van der Waals surface area contributed by atoms with Gasteiger partial charge in [0.1, 0.15) is 11.6 Å². The van der Waals surface area contributed by atoms with E-state index in [0.29, 0.717) is 19.0 Å². The number of benzene rings is 1. The zero-order valence-corrected chi connectivity index (χ0v) is 10.9. The van der Waals surface area contributed by atoms with Gasteiger partial charge in [0.05, 0.1) is 18.1 Å². The SMILES string of the molecule is CCOc1ccccc1OCc1ncc(CO)s1. The Balaban J connectivity index is 2.01. The third-order valence-electron chi connectivity index (χ3n) is 2.26. The summed E-state index contributed by atoms with van der Waals surface area (Å²) in [5.74, 6) is 1.44. The first kappa shape index (κ1) is 12.9. The van der Waals surface area contributed by atoms with E-state index in [1.54, 1.807) is 6.20 Å². The van der Waals surface area contributed by atoms with Crippen LogP contribution in [0.2, 0.25) is 0 Å². The van der Waals surface area contributed by atoms with Crippen molar-refractivity contribution in [3.05, 3.63) is 40.3 Å². The molecule has 0 atom stereocenters. The summed E-state index contributed by atoms with van der Waals surface area (Å²) in [7, 11) is 0. The van der Waals surface area contributed by atoms with E-state index in [9.17, 15) is 0 Å². The molecule has 18 heavy (non-hydrogen) atoms. The highest BCUT2D eigenvalue weighted by molar-refractivity contribution is 7.11. The first-order valence-electron chi connectivity index (χ1n) is 5.72. The Morgan fingerprint density at radius 1 is 1.22 bits per heavy atom. The zero-order chi connectivity index (χ0) is 12.8. The summed E-state index contributed by atoms with van der Waals surface area (Å²) >= 11 is 1.44. The molecule has 1 aromatic carbocycles. The lowest BCUT2D eigenvalue weighted by molar-refractivity contribution is 0.269. The van der Waals surface area contributed by atoms with Crippen LogP contribution in [-0.4, -0.2) is 16.7 Å². The fourth-order valence-electron chi connectivity index (χ4n) is 1.47. The minimum absolute atomic E-state index is 0.0210. The number of rotatable bonds is 6. The lowest BCUT2D eigenvalue weighted by Gasteiger charge is -2.10. The number of ether oxygens (including phenoxy) is 2. The van der Waals surface area contributed by atoms with E-state index in [2.05, 4.69) is 4.98 Å². The summed E-state index contributed by atoms with van der Waals surface area (Å²) in [5, 5.41) is 9.80. The summed E-state index contributed by atoms with van der Waals surface area (Å²) in [6.45, 7) is 2.94. The van der Waals surface area contributed by atoms with Crippen LogP contribution in [0.3, 0.4) is 0 Å². The molecule has 96 valence electrons. The highest BCUT2D eigenvalue weighted by atomic mass is 32.1. The maximum Gasteiger partial charge on any atom is 0.161 e. The van der Waals surface area contributed by atoms with Gasteiger partial charge < -0.3 is 14.6 Å². The molecule has 2 aromatic rings. The summed E-state index contributed by atoms with van der Waals surface area (Å²) < 4.78 is 11.1. The van der Waals surface area contributed by atoms with E-state index in [0.717, 1.165) is 15.6 Å². The van der Waals surface area contributed by atoms with Crippen LogP contribution in [0.5, 0.6) is 11.5 Å². The monoisotopic (exact) mass is 265 g/mol. The van der Waals surface area contributed by atoms with Gasteiger partial charge in [-0.2, -0.15) is 0 Å². The van der Waals surface area contributed by atoms with Crippen molar-refractivity contribution < 1.29 is 14.6 Å². The lowest BCUT2D eigenvalue weighted by atomic mass is 10.3. The average Bonchev–Trinajstić information content (AvgIpc) is 2.86. The normalized spacial score (nSPS) is 10.3. The maximum absolute atomic E-state index is 8.96. The van der Waals surface area contributed by atoms with Crippen molar-refractivity contribution in [3.8, 4) is 11.5 Å². The second kappa shape index (κ2) is 6.37. The van der Waals surface area contributed by atoms with Gasteiger partial charge in [-0.15, -0.1) is 11.3 Å². The molecule has 0 aliphatic carbocycles. The molecule has 0 saturated carbocycles. The van der Waals surface area contributed by atoms with E-state index in [-0.39, 0.29) is 6.61 Å². The first-order chi connectivity index (χ1) is 8.83. The largest absolute Gasteiger partial charge is 0.490 e. The van der Waals surface area contributed by atoms with Crippen molar-refractivity contribution in [2.45, 2.75) is 20.1 Å². The third-order valence-corrected chi connectivity index (χ3v) is 3.21. The van der Waals surface area contributed by atoms with Crippen LogP contribution < -0.4 is 9.47 Å². The molecule has 0 aliphatic rings. The number of aromatic nitrogens is 1. The molecule has 0 radical (unpaired) electrons. The molecular weight excluding hydrogens is 250 g/mol. The molecule has 4 nitrogen and oxygen atoms in total. The van der Waals surface area contributed by atoms with Crippen LogP contribution >= 0.6 is 11.3 Å². The molecule has 0 bridgehead atoms. The van der Waals surface area contributed by atoms with Gasteiger partial charge in [-0.3, -0.25) is 0 Å². The predicted molar refractivity (Wildman–Crippen MR) is 70.0 cm³/mol. The van der Waals surface area contributed by atoms with Gasteiger partial charge in [0, 0.05) is 6.20 Å². The Bertz CT molecular complexity index is 498. The van der Waals surface area contributed by atoms with Crippen molar-refractivity contribution in [1.82, 2.24) is 4.98 Å². The molecule has 0 saturated heterocycles. The molecule has 0 unspecified atom stereocenters. The fraction of sp³-hybridized carbons (Fsp3) is 0.308. The molecule has 0 amide bonds. The molecule has 5 heteroatoms. The number of aliphatic hydroxyl groups is 1. The van der Waals surface area contributed by atoms with E-state index >= 15 is 0 Å². The second-order valence-electron chi connectivity index (χ2n) is 3.55. The minimum atomic E-state index is 0.0210. The van der Waals surface area contributed by atoms with Crippen molar-refractivity contribution in [1.29, 1.82) is 0 Å². The summed E-state index contributed by atoms with van der Waals surface area (Å²) in [6.07, 6.45) is 1.66. The van der Waals surface area contributed by atoms with Crippen LogP contribution in [0.4, 0.5) is 0 Å². The van der Waals surface area contributed by atoms with Gasteiger partial charge in [-0.1, -0.05) is 12.1 Å². The van der Waals surface area contributed by atoms with Crippen LogP contribution in [0.25, 0.3) is 0 Å². The van der Waals surface area contributed by atoms with Gasteiger partial charge in [-0.05, 0) is 19.1 Å². The Labute approximate surface area is 110 Å². The Kier molecular flexibility index (Phi) is 4.55. The fourth-order valence-corrected chi connectivity index (χ4v) is 2.17. The standard InChI is InChI=1S/C13H15NO3S/c1-2-16-11-5-3-4-6-12(11)17-9-13-14-7-10(8-15)18-13/h3-7,15H,2,8-9H2,1H3.